The van der Waals surface area contributed by atoms with Crippen molar-refractivity contribution in [3.8, 4) is 0 Å². The Morgan fingerprint density at radius 2 is 1.96 bits per heavy atom. The smallest absolute Gasteiger partial charge is 0.335 e. The molecule has 1 heterocycles. The number of ketones is 1. The molecule has 0 radical (unpaired) electrons. The van der Waals surface area contributed by atoms with Crippen LogP contribution in [0.25, 0.3) is 0 Å². The zero-order valence-electron chi connectivity index (χ0n) is 15.0. The molecule has 1 saturated heterocycles. The monoisotopic (exact) mass is 346 g/mol. The van der Waals surface area contributed by atoms with Gasteiger partial charge in [0.25, 0.3) is 0 Å². The van der Waals surface area contributed by atoms with E-state index in [-0.39, 0.29) is 11.9 Å². The maximum atomic E-state index is 12.5. The summed E-state index contributed by atoms with van der Waals surface area (Å²) >= 11 is 0. The Balaban J connectivity index is 1.50. The Bertz CT molecular complexity index is 633. The molecule has 25 heavy (non-hydrogen) atoms. The Morgan fingerprint density at radius 1 is 1.16 bits per heavy atom. The van der Waals surface area contributed by atoms with E-state index in [9.17, 15) is 9.59 Å². The van der Waals surface area contributed by atoms with Gasteiger partial charge in [-0.15, -0.1) is 0 Å². The van der Waals surface area contributed by atoms with E-state index in [1.54, 1.807) is 13.8 Å². The first-order chi connectivity index (χ1) is 12.0. The second kappa shape index (κ2) is 8.11. The molecule has 0 bridgehead atoms. The van der Waals surface area contributed by atoms with E-state index in [4.69, 9.17) is 14.2 Å². The van der Waals surface area contributed by atoms with Crippen molar-refractivity contribution in [2.75, 3.05) is 13.2 Å². The summed E-state index contributed by atoms with van der Waals surface area (Å²) in [4.78, 5) is 24.7. The van der Waals surface area contributed by atoms with E-state index >= 15 is 0 Å². The maximum Gasteiger partial charge on any atom is 0.335 e. The van der Waals surface area contributed by atoms with Gasteiger partial charge in [-0.25, -0.2) is 4.79 Å². The molecular formula is C20H26O5. The molecule has 0 aromatic heterocycles. The van der Waals surface area contributed by atoms with E-state index in [1.165, 1.54) is 11.1 Å². The molecule has 1 aliphatic carbocycles. The second-order valence-electron chi connectivity index (χ2n) is 6.89. The molecule has 3 rings (SSSR count). The first-order valence-electron chi connectivity index (χ1n) is 9.14. The number of benzene rings is 1. The molecular weight excluding hydrogens is 320 g/mol. The van der Waals surface area contributed by atoms with E-state index < -0.39 is 18.2 Å². The molecule has 5 heteroatoms. The van der Waals surface area contributed by atoms with E-state index in [1.807, 2.05) is 18.2 Å². The molecule has 3 unspecified atom stereocenters. The van der Waals surface area contributed by atoms with Crippen LogP contribution in [0.1, 0.15) is 54.6 Å². The third-order valence-corrected chi connectivity index (χ3v) is 4.93. The van der Waals surface area contributed by atoms with Gasteiger partial charge < -0.3 is 14.2 Å². The van der Waals surface area contributed by atoms with Crippen LogP contribution in [-0.2, 0) is 31.8 Å². The normalized spacial score (nSPS) is 21.6. The van der Waals surface area contributed by atoms with Crippen LogP contribution in [0.15, 0.2) is 18.2 Å². The zero-order valence-corrected chi connectivity index (χ0v) is 15.0. The molecule has 136 valence electrons. The third-order valence-electron chi connectivity index (χ3n) is 4.93. The van der Waals surface area contributed by atoms with Crippen LogP contribution < -0.4 is 0 Å². The first kappa shape index (κ1) is 18.1. The molecule has 1 aliphatic heterocycles. The third kappa shape index (κ3) is 4.47. The number of esters is 1. The molecule has 0 saturated carbocycles. The number of carbonyl (C=O) groups is 2. The van der Waals surface area contributed by atoms with Crippen LogP contribution in [0.3, 0.4) is 0 Å². The number of carbonyl (C=O) groups excluding carboxylic acids is 2. The van der Waals surface area contributed by atoms with Crippen LogP contribution in [0.2, 0.25) is 0 Å². The van der Waals surface area contributed by atoms with Crippen LogP contribution in [0, 0.1) is 0 Å². The average molecular weight is 346 g/mol. The van der Waals surface area contributed by atoms with Crippen molar-refractivity contribution in [3.05, 3.63) is 34.9 Å². The van der Waals surface area contributed by atoms with Gasteiger partial charge in [-0.3, -0.25) is 4.79 Å². The van der Waals surface area contributed by atoms with Gasteiger partial charge in [0.05, 0.1) is 12.7 Å². The Morgan fingerprint density at radius 3 is 2.72 bits per heavy atom. The highest BCUT2D eigenvalue weighted by Crippen LogP contribution is 2.23. The lowest BCUT2D eigenvalue weighted by atomic mass is 10.0. The zero-order chi connectivity index (χ0) is 17.8. The minimum atomic E-state index is -0.819. The second-order valence-corrected chi connectivity index (χ2v) is 6.89. The fraction of sp³-hybridized carbons (Fsp3) is 0.600. The molecule has 5 nitrogen and oxygen atoms in total. The number of fused-ring (bicyclic) bond motifs is 1. The fourth-order valence-electron chi connectivity index (χ4n) is 3.38. The van der Waals surface area contributed by atoms with Crippen LogP contribution in [0.5, 0.6) is 0 Å². The lowest BCUT2D eigenvalue weighted by Crippen LogP contribution is -2.32. The van der Waals surface area contributed by atoms with Crippen LogP contribution in [0.4, 0.5) is 0 Å². The molecule has 1 aromatic rings. The number of aryl methyl sites for hydroxylation is 2. The highest BCUT2D eigenvalue weighted by Gasteiger charge is 2.25. The molecule has 1 aromatic carbocycles. The van der Waals surface area contributed by atoms with E-state index in [0.29, 0.717) is 12.2 Å². The molecule has 0 spiro atoms. The van der Waals surface area contributed by atoms with Gasteiger partial charge in [-0.1, -0.05) is 12.1 Å². The van der Waals surface area contributed by atoms with Gasteiger partial charge in [0.15, 0.2) is 12.2 Å². The van der Waals surface area contributed by atoms with Gasteiger partial charge in [-0.2, -0.15) is 0 Å². The SMILES string of the molecule is CC(OCC1CCCO1)C(=O)OC(C)C(=O)c1ccc2c(c1)CCC2. The van der Waals surface area contributed by atoms with Crippen molar-refractivity contribution in [3.63, 3.8) is 0 Å². The predicted octanol–water partition coefficient (Wildman–Crippen LogP) is 2.87. The maximum absolute atomic E-state index is 12.5. The number of Topliss-reactive ketones (excluding diaryl/α,β-unsaturated/α-hetero) is 1. The van der Waals surface area contributed by atoms with Crippen molar-refractivity contribution in [1.29, 1.82) is 0 Å². The summed E-state index contributed by atoms with van der Waals surface area (Å²) in [6, 6.07) is 5.78. The van der Waals surface area contributed by atoms with Gasteiger partial charge in [0.1, 0.15) is 0 Å². The standard InChI is InChI=1S/C20H26O5/c1-13(19(21)17-9-8-15-5-3-6-16(15)11-17)25-20(22)14(2)24-12-18-7-4-10-23-18/h8-9,11,13-14,18H,3-7,10,12H2,1-2H3. The summed E-state index contributed by atoms with van der Waals surface area (Å²) in [6.07, 6.45) is 3.73. The van der Waals surface area contributed by atoms with Crippen molar-refractivity contribution >= 4 is 11.8 Å². The highest BCUT2D eigenvalue weighted by atomic mass is 16.6. The van der Waals surface area contributed by atoms with Crippen molar-refractivity contribution in [2.24, 2.45) is 0 Å². The number of ether oxygens (including phenoxy) is 3. The van der Waals surface area contributed by atoms with Gasteiger partial charge >= 0.3 is 5.97 Å². The van der Waals surface area contributed by atoms with E-state index in [0.717, 1.165) is 38.7 Å². The summed E-state index contributed by atoms with van der Waals surface area (Å²) in [5, 5.41) is 0. The minimum absolute atomic E-state index is 0.0562. The van der Waals surface area contributed by atoms with Crippen LogP contribution in [-0.4, -0.2) is 43.3 Å². The Kier molecular flexibility index (Phi) is 5.86. The summed E-state index contributed by atoms with van der Waals surface area (Å²) < 4.78 is 16.3. The summed E-state index contributed by atoms with van der Waals surface area (Å²) in [6.45, 7) is 4.38. The topological polar surface area (TPSA) is 61.8 Å². The average Bonchev–Trinajstić information content (AvgIpc) is 3.29. The highest BCUT2D eigenvalue weighted by molar-refractivity contribution is 6.00. The van der Waals surface area contributed by atoms with Crippen molar-refractivity contribution < 1.29 is 23.8 Å². The first-order valence-corrected chi connectivity index (χ1v) is 9.14. The summed E-state index contributed by atoms with van der Waals surface area (Å²) in [5.41, 5.74) is 3.16. The largest absolute Gasteiger partial charge is 0.452 e. The predicted molar refractivity (Wildman–Crippen MR) is 92.7 cm³/mol. The van der Waals surface area contributed by atoms with Gasteiger partial charge in [0, 0.05) is 12.2 Å². The Hall–Kier alpha value is -1.72. The molecule has 3 atom stereocenters. The fourth-order valence-corrected chi connectivity index (χ4v) is 3.38. The summed E-state index contributed by atoms with van der Waals surface area (Å²) in [5.74, 6) is -0.686. The summed E-state index contributed by atoms with van der Waals surface area (Å²) in [7, 11) is 0. The van der Waals surface area contributed by atoms with Crippen molar-refractivity contribution in [2.45, 2.75) is 64.3 Å². The van der Waals surface area contributed by atoms with Gasteiger partial charge in [-0.05, 0) is 63.1 Å². The molecule has 0 N–H and O–H groups in total. The number of hydrogen-bond acceptors (Lipinski definition) is 5. The van der Waals surface area contributed by atoms with Crippen LogP contribution >= 0.6 is 0 Å². The number of hydrogen-bond donors (Lipinski definition) is 0. The molecule has 1 fully saturated rings. The van der Waals surface area contributed by atoms with E-state index in [2.05, 4.69) is 0 Å². The Labute approximate surface area is 148 Å². The quantitative estimate of drug-likeness (QED) is 0.561. The van der Waals surface area contributed by atoms with Crippen molar-refractivity contribution in [1.82, 2.24) is 0 Å². The number of rotatable bonds is 7. The molecule has 0 amide bonds. The minimum Gasteiger partial charge on any atom is -0.452 e. The molecule has 2 aliphatic rings. The van der Waals surface area contributed by atoms with Gasteiger partial charge in [0.2, 0.25) is 5.78 Å². The lowest BCUT2D eigenvalue weighted by molar-refractivity contribution is -0.160. The lowest BCUT2D eigenvalue weighted by Gasteiger charge is -2.18.